The number of pyridine rings is 1. The second-order valence-electron chi connectivity index (χ2n) is 8.74. The Kier molecular flexibility index (Phi) is 5.80. The maximum absolute atomic E-state index is 13.1. The molecular weight excluding hydrogens is 386 g/mol. The highest BCUT2D eigenvalue weighted by Crippen LogP contribution is 2.29. The number of carbonyl (C=O) groups is 1. The van der Waals surface area contributed by atoms with Gasteiger partial charge in [-0.1, -0.05) is 55.7 Å². The van der Waals surface area contributed by atoms with Crippen molar-refractivity contribution in [2.24, 2.45) is 5.92 Å². The van der Waals surface area contributed by atoms with E-state index < -0.39 is 0 Å². The van der Waals surface area contributed by atoms with Crippen molar-refractivity contribution >= 4 is 5.91 Å². The van der Waals surface area contributed by atoms with Gasteiger partial charge in [0, 0.05) is 37.9 Å². The fraction of sp³-hybridized carbons (Fsp3) is 0.400. The molecule has 0 atom stereocenters. The molecule has 0 radical (unpaired) electrons. The average Bonchev–Trinajstić information content (AvgIpc) is 3.15. The number of benzene rings is 1. The molecule has 1 aromatic carbocycles. The highest BCUT2D eigenvalue weighted by atomic mass is 16.1. The van der Waals surface area contributed by atoms with Crippen LogP contribution in [0.4, 0.5) is 0 Å². The number of rotatable bonds is 5. The molecule has 1 saturated carbocycles. The molecular formula is C25H29N5O. The number of amides is 1. The molecule has 0 bridgehead atoms. The molecule has 2 aromatic heterocycles. The summed E-state index contributed by atoms with van der Waals surface area (Å²) in [5.41, 5.74) is 3.82. The lowest BCUT2D eigenvalue weighted by atomic mass is 9.89. The summed E-state index contributed by atoms with van der Waals surface area (Å²) in [6.45, 7) is 3.12. The molecule has 6 nitrogen and oxygen atoms in total. The van der Waals surface area contributed by atoms with Gasteiger partial charge in [0.25, 0.3) is 5.91 Å². The van der Waals surface area contributed by atoms with Crippen molar-refractivity contribution in [1.82, 2.24) is 25.0 Å². The average molecular weight is 416 g/mol. The van der Waals surface area contributed by atoms with Crippen molar-refractivity contribution in [3.05, 3.63) is 77.2 Å². The Morgan fingerprint density at radius 3 is 2.71 bits per heavy atom. The number of hydrogen-bond donors (Lipinski definition) is 1. The van der Waals surface area contributed by atoms with E-state index in [-0.39, 0.29) is 5.91 Å². The summed E-state index contributed by atoms with van der Waals surface area (Å²) in [4.78, 5) is 20.2. The van der Waals surface area contributed by atoms with E-state index in [1.807, 2.05) is 41.1 Å². The van der Waals surface area contributed by atoms with Crippen LogP contribution in [-0.4, -0.2) is 32.1 Å². The Hall–Kier alpha value is -2.99. The zero-order valence-electron chi connectivity index (χ0n) is 17.8. The van der Waals surface area contributed by atoms with Crippen LogP contribution in [0.25, 0.3) is 5.82 Å². The molecule has 6 heteroatoms. The third-order valence-electron chi connectivity index (χ3n) is 6.49. The fourth-order valence-corrected chi connectivity index (χ4v) is 4.89. The normalized spacial score (nSPS) is 16.9. The van der Waals surface area contributed by atoms with Crippen molar-refractivity contribution in [3.8, 4) is 5.82 Å². The summed E-state index contributed by atoms with van der Waals surface area (Å²) >= 11 is 0. The first-order chi connectivity index (χ1) is 15.3. The Labute approximate surface area is 183 Å². The van der Waals surface area contributed by atoms with Crippen LogP contribution in [-0.2, 0) is 19.6 Å². The molecule has 1 N–H and O–H groups in total. The number of nitrogens with one attached hydrogen (secondary N) is 1. The van der Waals surface area contributed by atoms with Crippen LogP contribution in [0.15, 0.2) is 54.9 Å². The van der Waals surface area contributed by atoms with Crippen LogP contribution >= 0.6 is 0 Å². The minimum absolute atomic E-state index is 0.0814. The minimum Gasteiger partial charge on any atom is -0.348 e. The number of carbonyl (C=O) groups excluding carboxylic acids is 1. The largest absolute Gasteiger partial charge is 0.348 e. The highest BCUT2D eigenvalue weighted by molar-refractivity contribution is 5.95. The van der Waals surface area contributed by atoms with Gasteiger partial charge in [-0.3, -0.25) is 9.69 Å². The highest BCUT2D eigenvalue weighted by Gasteiger charge is 2.27. The molecule has 31 heavy (non-hydrogen) atoms. The summed E-state index contributed by atoms with van der Waals surface area (Å²) in [6.07, 6.45) is 10.1. The van der Waals surface area contributed by atoms with Gasteiger partial charge in [0.05, 0.1) is 17.5 Å². The van der Waals surface area contributed by atoms with Gasteiger partial charge in [-0.25, -0.2) is 9.67 Å². The standard InChI is InChI=1S/C25H29N5O/c31-25(27-14-19-8-3-1-4-9-19)22-15-28-30-23(22)18-29(16-20-10-5-2-6-11-20)17-21-12-7-13-26-24(21)30/h1,3-4,7-9,12-13,15,20H,2,5-6,10-11,14,16-18H2,(H,27,31). The van der Waals surface area contributed by atoms with E-state index in [0.717, 1.165) is 41.6 Å². The van der Waals surface area contributed by atoms with Crippen molar-refractivity contribution in [2.45, 2.75) is 51.7 Å². The van der Waals surface area contributed by atoms with Crippen molar-refractivity contribution in [2.75, 3.05) is 6.54 Å². The van der Waals surface area contributed by atoms with Gasteiger partial charge in [0.1, 0.15) is 0 Å². The second-order valence-corrected chi connectivity index (χ2v) is 8.74. The summed E-state index contributed by atoms with van der Waals surface area (Å²) in [6, 6.07) is 14.1. The van der Waals surface area contributed by atoms with E-state index in [0.29, 0.717) is 18.7 Å². The Bertz CT molecular complexity index is 1040. The van der Waals surface area contributed by atoms with Gasteiger partial charge in [-0.05, 0) is 30.4 Å². The van der Waals surface area contributed by atoms with Gasteiger partial charge >= 0.3 is 0 Å². The van der Waals surface area contributed by atoms with Gasteiger partial charge < -0.3 is 5.32 Å². The van der Waals surface area contributed by atoms with Crippen LogP contribution in [0, 0.1) is 5.92 Å². The first-order valence-corrected chi connectivity index (χ1v) is 11.3. The Morgan fingerprint density at radius 2 is 1.87 bits per heavy atom. The summed E-state index contributed by atoms with van der Waals surface area (Å²) in [5.74, 6) is 1.49. The molecule has 0 spiro atoms. The van der Waals surface area contributed by atoms with Crippen LogP contribution in [0.1, 0.15) is 59.3 Å². The smallest absolute Gasteiger partial charge is 0.255 e. The van der Waals surface area contributed by atoms with E-state index in [9.17, 15) is 4.79 Å². The lowest BCUT2D eigenvalue weighted by Gasteiger charge is -2.28. The van der Waals surface area contributed by atoms with Crippen molar-refractivity contribution in [3.63, 3.8) is 0 Å². The fourth-order valence-electron chi connectivity index (χ4n) is 4.89. The molecule has 1 amide bonds. The van der Waals surface area contributed by atoms with Gasteiger partial charge in [-0.15, -0.1) is 0 Å². The van der Waals surface area contributed by atoms with E-state index in [1.165, 1.54) is 32.1 Å². The van der Waals surface area contributed by atoms with Crippen LogP contribution in [0.5, 0.6) is 0 Å². The third-order valence-corrected chi connectivity index (χ3v) is 6.49. The monoisotopic (exact) mass is 415 g/mol. The molecule has 5 rings (SSSR count). The number of hydrogen-bond acceptors (Lipinski definition) is 4. The number of aromatic nitrogens is 3. The summed E-state index contributed by atoms with van der Waals surface area (Å²) in [7, 11) is 0. The molecule has 2 aliphatic rings. The van der Waals surface area contributed by atoms with Gasteiger partial charge in [-0.2, -0.15) is 5.10 Å². The SMILES string of the molecule is O=C(NCc1ccccc1)c1cnn2c1CN(CC1CCCCC1)Cc1cccnc1-2. The zero-order chi connectivity index (χ0) is 21.0. The van der Waals surface area contributed by atoms with Gasteiger partial charge in [0.2, 0.25) is 0 Å². The lowest BCUT2D eigenvalue weighted by molar-refractivity contribution is 0.0948. The van der Waals surface area contributed by atoms with Crippen molar-refractivity contribution < 1.29 is 4.79 Å². The third kappa shape index (κ3) is 4.39. The molecule has 1 aliphatic carbocycles. The molecule has 3 heterocycles. The summed E-state index contributed by atoms with van der Waals surface area (Å²) < 4.78 is 1.87. The Morgan fingerprint density at radius 1 is 1.03 bits per heavy atom. The van der Waals surface area contributed by atoms with Crippen LogP contribution in [0.2, 0.25) is 0 Å². The molecule has 1 fully saturated rings. The van der Waals surface area contributed by atoms with Crippen LogP contribution < -0.4 is 5.32 Å². The van der Waals surface area contributed by atoms with Gasteiger partial charge in [0.15, 0.2) is 5.82 Å². The van der Waals surface area contributed by atoms with E-state index in [1.54, 1.807) is 12.4 Å². The van der Waals surface area contributed by atoms with Crippen LogP contribution in [0.3, 0.4) is 0 Å². The first-order valence-electron chi connectivity index (χ1n) is 11.3. The second kappa shape index (κ2) is 9.02. The zero-order valence-corrected chi connectivity index (χ0v) is 17.8. The topological polar surface area (TPSA) is 63.1 Å². The molecule has 1 aliphatic heterocycles. The molecule has 3 aromatic rings. The minimum atomic E-state index is -0.0814. The maximum atomic E-state index is 13.1. The predicted molar refractivity (Wildman–Crippen MR) is 120 cm³/mol. The molecule has 0 unspecified atom stereocenters. The summed E-state index contributed by atoms with van der Waals surface area (Å²) in [5, 5.41) is 7.64. The molecule has 0 saturated heterocycles. The lowest BCUT2D eigenvalue weighted by Crippen LogP contribution is -2.31. The quantitative estimate of drug-likeness (QED) is 0.682. The number of nitrogens with zero attached hydrogens (tertiary/aromatic N) is 4. The maximum Gasteiger partial charge on any atom is 0.255 e. The van der Waals surface area contributed by atoms with E-state index in [2.05, 4.69) is 26.4 Å². The van der Waals surface area contributed by atoms with E-state index >= 15 is 0 Å². The molecule has 160 valence electrons. The number of fused-ring (bicyclic) bond motifs is 3. The first kappa shape index (κ1) is 19.9. The Balaban J connectivity index is 1.41. The van der Waals surface area contributed by atoms with E-state index in [4.69, 9.17) is 0 Å². The van der Waals surface area contributed by atoms with Crippen molar-refractivity contribution in [1.29, 1.82) is 0 Å². The predicted octanol–water partition coefficient (Wildman–Crippen LogP) is 4.09.